The maximum absolute atomic E-state index is 13.7. The van der Waals surface area contributed by atoms with Crippen molar-refractivity contribution in [3.05, 3.63) is 78.5 Å². The topological polar surface area (TPSA) is 85.7 Å². The molecule has 3 aromatic carbocycles. The number of carbonyl (C=O) groups is 1. The van der Waals surface area contributed by atoms with E-state index in [1.165, 1.54) is 0 Å². The summed E-state index contributed by atoms with van der Waals surface area (Å²) in [5, 5.41) is 13.1. The van der Waals surface area contributed by atoms with Crippen molar-refractivity contribution in [1.82, 2.24) is 9.55 Å². The van der Waals surface area contributed by atoms with Crippen LogP contribution in [0.15, 0.2) is 72.9 Å². The highest BCUT2D eigenvalue weighted by Gasteiger charge is 2.39. The fourth-order valence-electron chi connectivity index (χ4n) is 4.67. The van der Waals surface area contributed by atoms with Crippen molar-refractivity contribution in [3.8, 4) is 28.6 Å². The van der Waals surface area contributed by atoms with Crippen molar-refractivity contribution < 1.29 is 23.8 Å². The Morgan fingerprint density at radius 1 is 0.905 bits per heavy atom. The van der Waals surface area contributed by atoms with Gasteiger partial charge in [-0.1, -0.05) is 51.1 Å². The molecule has 220 valence electrons. The lowest BCUT2D eigenvalue weighted by molar-refractivity contribution is 0.0547. The van der Waals surface area contributed by atoms with Crippen LogP contribution in [0.4, 0.5) is 4.79 Å². The Kier molecular flexibility index (Phi) is 7.39. The van der Waals surface area contributed by atoms with Crippen LogP contribution in [-0.2, 0) is 11.3 Å². The van der Waals surface area contributed by atoms with Crippen LogP contribution >= 0.6 is 0 Å². The predicted molar refractivity (Wildman–Crippen MR) is 171 cm³/mol. The molecule has 2 aromatic heterocycles. The lowest BCUT2D eigenvalue weighted by atomic mass is 10.0. The number of H-pyrrole nitrogens is 1. The molecule has 0 aliphatic heterocycles. The molecule has 0 amide bonds. The minimum atomic E-state index is -2.18. The number of aromatic nitrogens is 2. The van der Waals surface area contributed by atoms with Gasteiger partial charge in [-0.3, -0.25) is 0 Å². The molecule has 0 aliphatic rings. The van der Waals surface area contributed by atoms with E-state index in [2.05, 4.69) is 38.8 Å². The summed E-state index contributed by atoms with van der Waals surface area (Å²) in [6.07, 6.45) is 1.24. The number of hydrogen-bond donors (Lipinski definition) is 2. The summed E-state index contributed by atoms with van der Waals surface area (Å²) >= 11 is 0. The van der Waals surface area contributed by atoms with Gasteiger partial charge >= 0.3 is 6.09 Å². The molecule has 0 aliphatic carbocycles. The number of ether oxygens (including phenoxy) is 2. The SMILES string of the molecule is CC(C)(C)OC(=O)n1c(-c2cc(O[Si](C)(C)C(C)(C)C)cc3c[nH]c(O)c23)cc2cc(OCc3ccccc3)ccc21. The Balaban J connectivity index is 1.67. The number of aromatic hydroxyl groups is 1. The minimum Gasteiger partial charge on any atom is -0.543 e. The maximum Gasteiger partial charge on any atom is 0.419 e. The molecule has 0 fully saturated rings. The highest BCUT2D eigenvalue weighted by atomic mass is 28.4. The van der Waals surface area contributed by atoms with Gasteiger partial charge in [0.15, 0.2) is 5.88 Å². The zero-order valence-electron chi connectivity index (χ0n) is 25.7. The normalized spacial score (nSPS) is 12.6. The van der Waals surface area contributed by atoms with E-state index in [0.717, 1.165) is 16.3 Å². The van der Waals surface area contributed by atoms with Gasteiger partial charge in [-0.2, -0.15) is 0 Å². The van der Waals surface area contributed by atoms with Crippen LogP contribution in [0.3, 0.4) is 0 Å². The van der Waals surface area contributed by atoms with E-state index in [0.29, 0.717) is 40.3 Å². The van der Waals surface area contributed by atoms with E-state index in [1.807, 2.05) is 87.5 Å². The molecule has 2 heterocycles. The van der Waals surface area contributed by atoms with Crippen LogP contribution in [0.25, 0.3) is 32.9 Å². The highest BCUT2D eigenvalue weighted by molar-refractivity contribution is 6.74. The monoisotopic (exact) mass is 584 g/mol. The van der Waals surface area contributed by atoms with Crippen LogP contribution in [0.2, 0.25) is 18.1 Å². The molecular formula is C34H40N2O5Si. The average molecular weight is 585 g/mol. The summed E-state index contributed by atoms with van der Waals surface area (Å²) in [4.78, 5) is 16.7. The molecule has 0 bridgehead atoms. The molecule has 0 unspecified atom stereocenters. The number of rotatable bonds is 6. The summed E-state index contributed by atoms with van der Waals surface area (Å²) in [5.41, 5.74) is 2.27. The van der Waals surface area contributed by atoms with Crippen LogP contribution in [-0.4, -0.2) is 34.7 Å². The van der Waals surface area contributed by atoms with Crippen LogP contribution in [0.1, 0.15) is 47.1 Å². The van der Waals surface area contributed by atoms with Gasteiger partial charge < -0.3 is 24.0 Å². The summed E-state index contributed by atoms with van der Waals surface area (Å²) in [7, 11) is -2.18. The van der Waals surface area contributed by atoms with Gasteiger partial charge in [0, 0.05) is 22.5 Å². The number of fused-ring (bicyclic) bond motifs is 2. The maximum atomic E-state index is 13.7. The van der Waals surface area contributed by atoms with Crippen molar-refractivity contribution in [2.24, 2.45) is 0 Å². The Bertz CT molecular complexity index is 1750. The van der Waals surface area contributed by atoms with Crippen molar-refractivity contribution in [2.75, 3.05) is 0 Å². The quantitative estimate of drug-likeness (QED) is 0.194. The number of aromatic amines is 1. The van der Waals surface area contributed by atoms with Crippen LogP contribution < -0.4 is 9.16 Å². The Labute approximate surface area is 248 Å². The van der Waals surface area contributed by atoms with E-state index >= 15 is 0 Å². The third-order valence-corrected chi connectivity index (χ3v) is 12.2. The van der Waals surface area contributed by atoms with Gasteiger partial charge in [0.1, 0.15) is 23.7 Å². The standard InChI is InChI=1S/C34H40N2O5Si/c1-33(2,3)40-32(38)36-28-15-14-25(39-21-22-12-10-9-11-13-22)16-23(28)18-29(36)27-19-26(41-42(7,8)34(4,5)6)17-24-20-35-31(37)30(24)27/h9-20,35,37H,21H2,1-8H3. The minimum absolute atomic E-state index is 0.00995. The van der Waals surface area contributed by atoms with Crippen LogP contribution in [0.5, 0.6) is 17.4 Å². The van der Waals surface area contributed by atoms with Gasteiger partial charge in [0.25, 0.3) is 0 Å². The Hall–Kier alpha value is -4.17. The van der Waals surface area contributed by atoms with Gasteiger partial charge in [0.2, 0.25) is 8.32 Å². The zero-order valence-corrected chi connectivity index (χ0v) is 26.7. The van der Waals surface area contributed by atoms with E-state index in [9.17, 15) is 9.90 Å². The molecule has 5 rings (SSSR count). The van der Waals surface area contributed by atoms with E-state index in [-0.39, 0.29) is 10.9 Å². The second-order valence-corrected chi connectivity index (χ2v) is 18.0. The molecule has 5 aromatic rings. The largest absolute Gasteiger partial charge is 0.543 e. The molecular weight excluding hydrogens is 544 g/mol. The third kappa shape index (κ3) is 5.90. The van der Waals surface area contributed by atoms with Crippen molar-refractivity contribution in [2.45, 2.75) is 71.9 Å². The van der Waals surface area contributed by atoms with Gasteiger partial charge in [0.05, 0.1) is 16.6 Å². The first-order valence-corrected chi connectivity index (χ1v) is 17.1. The Morgan fingerprint density at radius 3 is 2.26 bits per heavy atom. The lowest BCUT2D eigenvalue weighted by Crippen LogP contribution is -2.43. The first-order valence-electron chi connectivity index (χ1n) is 14.2. The molecule has 42 heavy (non-hydrogen) atoms. The Morgan fingerprint density at radius 2 is 1.60 bits per heavy atom. The first kappa shape index (κ1) is 29.3. The predicted octanol–water partition coefficient (Wildman–Crippen LogP) is 9.24. The number of hydrogen-bond acceptors (Lipinski definition) is 5. The van der Waals surface area contributed by atoms with Gasteiger partial charge in [-0.25, -0.2) is 9.36 Å². The average Bonchev–Trinajstić information content (AvgIpc) is 3.46. The van der Waals surface area contributed by atoms with E-state index in [1.54, 1.807) is 10.8 Å². The summed E-state index contributed by atoms with van der Waals surface area (Å²) < 4.78 is 20.2. The van der Waals surface area contributed by atoms with Gasteiger partial charge in [-0.15, -0.1) is 0 Å². The molecule has 0 spiro atoms. The van der Waals surface area contributed by atoms with Crippen molar-refractivity contribution >= 4 is 36.1 Å². The van der Waals surface area contributed by atoms with Crippen LogP contribution in [0, 0.1) is 0 Å². The number of nitrogens with one attached hydrogen (secondary N) is 1. The number of benzene rings is 3. The van der Waals surface area contributed by atoms with E-state index in [4.69, 9.17) is 13.9 Å². The molecule has 0 radical (unpaired) electrons. The summed E-state index contributed by atoms with van der Waals surface area (Å²) in [5.74, 6) is 1.40. The molecule has 7 nitrogen and oxygen atoms in total. The number of carbonyl (C=O) groups excluding carboxylic acids is 1. The fraction of sp³-hybridized carbons (Fsp3) is 0.324. The summed E-state index contributed by atoms with van der Waals surface area (Å²) in [6.45, 7) is 16.9. The van der Waals surface area contributed by atoms with E-state index < -0.39 is 20.0 Å². The summed E-state index contributed by atoms with van der Waals surface area (Å²) in [6, 6.07) is 21.4. The highest BCUT2D eigenvalue weighted by Crippen LogP contribution is 2.43. The molecule has 0 saturated carbocycles. The molecule has 0 saturated heterocycles. The van der Waals surface area contributed by atoms with Crippen molar-refractivity contribution in [1.29, 1.82) is 0 Å². The second kappa shape index (κ2) is 10.6. The number of nitrogens with zero attached hydrogens (tertiary/aromatic N) is 1. The smallest absolute Gasteiger partial charge is 0.419 e. The third-order valence-electron chi connectivity index (χ3n) is 7.80. The lowest BCUT2D eigenvalue weighted by Gasteiger charge is -2.36. The molecule has 2 N–H and O–H groups in total. The first-order chi connectivity index (χ1) is 19.6. The van der Waals surface area contributed by atoms with Gasteiger partial charge in [-0.05, 0) is 80.9 Å². The molecule has 8 heteroatoms. The molecule has 0 atom stereocenters. The second-order valence-electron chi connectivity index (χ2n) is 13.3. The zero-order chi connectivity index (χ0) is 30.4. The fourth-order valence-corrected chi connectivity index (χ4v) is 5.68. The van der Waals surface area contributed by atoms with Crippen molar-refractivity contribution in [3.63, 3.8) is 0 Å².